The lowest BCUT2D eigenvalue weighted by Gasteiger charge is -2.31. The molecule has 1 atom stereocenters. The maximum atomic E-state index is 13.5. The molecule has 1 N–H and O–H groups in total. The Morgan fingerprint density at radius 2 is 1.57 bits per heavy atom. The summed E-state index contributed by atoms with van der Waals surface area (Å²) in [5.41, 5.74) is 1.06. The minimum absolute atomic E-state index is 0.0283. The van der Waals surface area contributed by atoms with Gasteiger partial charge in [-0.25, -0.2) is 0 Å². The Bertz CT molecular complexity index is 1430. The number of aliphatic hydroxyl groups excluding tert-OH is 1. The van der Waals surface area contributed by atoms with E-state index in [1.165, 1.54) is 0 Å². The quantitative estimate of drug-likeness (QED) is 0.272. The fourth-order valence-corrected chi connectivity index (χ4v) is 5.25. The van der Waals surface area contributed by atoms with E-state index in [1.807, 2.05) is 54.6 Å². The highest BCUT2D eigenvalue weighted by Gasteiger charge is 2.46. The second kappa shape index (κ2) is 11.4. The number of Topliss-reactive ketones (excluding diaryl/α,β-unsaturated/α-hetero) is 1. The second-order valence-corrected chi connectivity index (χ2v) is 9.79. The number of para-hydroxylation sites is 1. The van der Waals surface area contributed by atoms with Gasteiger partial charge in [-0.3, -0.25) is 14.5 Å². The van der Waals surface area contributed by atoms with Gasteiger partial charge in [0.1, 0.15) is 30.5 Å². The normalized spacial score (nSPS) is 20.5. The van der Waals surface area contributed by atoms with Crippen molar-refractivity contribution in [2.45, 2.75) is 6.04 Å². The zero-order valence-corrected chi connectivity index (χ0v) is 22.0. The highest BCUT2D eigenvalue weighted by molar-refractivity contribution is 6.46. The molecule has 2 fully saturated rings. The molecular formula is C31H30N2O7. The Morgan fingerprint density at radius 3 is 2.38 bits per heavy atom. The Kier molecular flexibility index (Phi) is 7.39. The number of likely N-dealkylation sites (tertiary alicyclic amines) is 1. The van der Waals surface area contributed by atoms with Crippen LogP contribution in [-0.4, -0.2) is 79.2 Å². The molecule has 0 aromatic heterocycles. The zero-order chi connectivity index (χ0) is 27.5. The maximum absolute atomic E-state index is 13.5. The summed E-state index contributed by atoms with van der Waals surface area (Å²) in [6.45, 7) is 4.49. The SMILES string of the molecule is O=C1C(=O)N(CCN2CCOCC2)[C@H](c2cccc(Oc3ccccc3)c2)C1=C(O)c1ccc2c(c1)OCCO2. The smallest absolute Gasteiger partial charge is 0.295 e. The molecule has 0 bridgehead atoms. The first kappa shape index (κ1) is 25.9. The maximum Gasteiger partial charge on any atom is 0.295 e. The van der Waals surface area contributed by atoms with E-state index in [4.69, 9.17) is 18.9 Å². The van der Waals surface area contributed by atoms with Crippen molar-refractivity contribution < 1.29 is 33.6 Å². The van der Waals surface area contributed by atoms with Gasteiger partial charge >= 0.3 is 0 Å². The first-order chi connectivity index (χ1) is 19.6. The highest BCUT2D eigenvalue weighted by Crippen LogP contribution is 2.42. The number of morpholine rings is 1. The van der Waals surface area contributed by atoms with Gasteiger partial charge in [-0.1, -0.05) is 30.3 Å². The van der Waals surface area contributed by atoms with Gasteiger partial charge in [-0.05, 0) is 48.0 Å². The van der Waals surface area contributed by atoms with Crippen molar-refractivity contribution >= 4 is 17.4 Å². The average Bonchev–Trinajstić information content (AvgIpc) is 3.25. The molecule has 3 heterocycles. The minimum atomic E-state index is -0.798. The molecule has 0 saturated carbocycles. The van der Waals surface area contributed by atoms with Crippen LogP contribution >= 0.6 is 0 Å². The van der Waals surface area contributed by atoms with Crippen LogP contribution in [0.5, 0.6) is 23.0 Å². The molecule has 0 spiro atoms. The predicted molar refractivity (Wildman–Crippen MR) is 147 cm³/mol. The molecule has 2 saturated heterocycles. The number of rotatable bonds is 7. The summed E-state index contributed by atoms with van der Waals surface area (Å²) in [6.07, 6.45) is 0. The van der Waals surface area contributed by atoms with E-state index in [9.17, 15) is 14.7 Å². The summed E-state index contributed by atoms with van der Waals surface area (Å²) in [5.74, 6) is 0.630. The number of ketones is 1. The summed E-state index contributed by atoms with van der Waals surface area (Å²) < 4.78 is 22.8. The van der Waals surface area contributed by atoms with Crippen LogP contribution in [0.4, 0.5) is 0 Å². The number of carbonyl (C=O) groups is 2. The molecule has 3 aromatic rings. The summed E-state index contributed by atoms with van der Waals surface area (Å²) in [5, 5.41) is 11.5. The summed E-state index contributed by atoms with van der Waals surface area (Å²) in [6, 6.07) is 20.9. The Morgan fingerprint density at radius 1 is 0.825 bits per heavy atom. The number of ether oxygens (including phenoxy) is 4. The van der Waals surface area contributed by atoms with Crippen molar-refractivity contribution in [1.29, 1.82) is 0 Å². The van der Waals surface area contributed by atoms with Gasteiger partial charge in [0.15, 0.2) is 11.5 Å². The van der Waals surface area contributed by atoms with E-state index in [0.717, 1.165) is 13.1 Å². The molecule has 9 heteroatoms. The van der Waals surface area contributed by atoms with Gasteiger partial charge in [0.25, 0.3) is 11.7 Å². The zero-order valence-electron chi connectivity index (χ0n) is 22.0. The Labute approximate surface area is 232 Å². The fourth-order valence-electron chi connectivity index (χ4n) is 5.25. The number of hydrogen-bond acceptors (Lipinski definition) is 8. The van der Waals surface area contributed by atoms with Gasteiger partial charge in [0, 0.05) is 31.7 Å². The molecule has 1 amide bonds. The number of carbonyl (C=O) groups excluding carboxylic acids is 2. The third kappa shape index (κ3) is 5.25. The van der Waals surface area contributed by atoms with E-state index in [2.05, 4.69) is 4.90 Å². The fraction of sp³-hybridized carbons (Fsp3) is 0.290. The van der Waals surface area contributed by atoms with Crippen molar-refractivity contribution in [1.82, 2.24) is 9.80 Å². The van der Waals surface area contributed by atoms with Gasteiger partial charge < -0.3 is 29.0 Å². The molecule has 3 aromatic carbocycles. The summed E-state index contributed by atoms with van der Waals surface area (Å²) >= 11 is 0. The van der Waals surface area contributed by atoms with Crippen LogP contribution < -0.4 is 14.2 Å². The topological polar surface area (TPSA) is 97.8 Å². The Hall–Kier alpha value is -4.34. The molecule has 0 unspecified atom stereocenters. The number of amides is 1. The third-order valence-corrected chi connectivity index (χ3v) is 7.27. The number of fused-ring (bicyclic) bond motifs is 1. The van der Waals surface area contributed by atoms with Crippen molar-refractivity contribution in [2.75, 3.05) is 52.6 Å². The predicted octanol–water partition coefficient (Wildman–Crippen LogP) is 4.00. The molecule has 3 aliphatic heterocycles. The number of nitrogens with zero attached hydrogens (tertiary/aromatic N) is 2. The molecule has 0 radical (unpaired) electrons. The molecular weight excluding hydrogens is 512 g/mol. The number of hydrogen-bond donors (Lipinski definition) is 1. The highest BCUT2D eigenvalue weighted by atomic mass is 16.6. The standard InChI is InChI=1S/C31H30N2O7/c34-29(22-9-10-25-26(20-22)39-18-17-38-25)27-28(21-5-4-8-24(19-21)40-23-6-2-1-3-7-23)33(31(36)30(27)35)12-11-32-13-15-37-16-14-32/h1-10,19-20,28,34H,11-18H2/t28-/m1/s1. The lowest BCUT2D eigenvalue weighted by molar-refractivity contribution is -0.140. The first-order valence-electron chi connectivity index (χ1n) is 13.4. The van der Waals surface area contributed by atoms with Crippen LogP contribution in [0.25, 0.3) is 5.76 Å². The van der Waals surface area contributed by atoms with Crippen molar-refractivity contribution in [3.05, 3.63) is 89.5 Å². The van der Waals surface area contributed by atoms with E-state index in [1.54, 1.807) is 23.1 Å². The van der Waals surface area contributed by atoms with Crippen LogP contribution in [0.1, 0.15) is 17.2 Å². The molecule has 206 valence electrons. The second-order valence-electron chi connectivity index (χ2n) is 9.79. The Balaban J connectivity index is 1.39. The average molecular weight is 543 g/mol. The lowest BCUT2D eigenvalue weighted by atomic mass is 9.95. The van der Waals surface area contributed by atoms with Crippen LogP contribution in [-0.2, 0) is 14.3 Å². The molecule has 9 nitrogen and oxygen atoms in total. The van der Waals surface area contributed by atoms with Crippen LogP contribution in [0.3, 0.4) is 0 Å². The largest absolute Gasteiger partial charge is 0.507 e. The first-order valence-corrected chi connectivity index (χ1v) is 13.4. The summed E-state index contributed by atoms with van der Waals surface area (Å²) in [4.78, 5) is 30.7. The van der Waals surface area contributed by atoms with Gasteiger partial charge in [-0.2, -0.15) is 0 Å². The van der Waals surface area contributed by atoms with Crippen LogP contribution in [0.15, 0.2) is 78.4 Å². The van der Waals surface area contributed by atoms with E-state index >= 15 is 0 Å². The van der Waals surface area contributed by atoms with Crippen molar-refractivity contribution in [3.63, 3.8) is 0 Å². The van der Waals surface area contributed by atoms with Crippen molar-refractivity contribution in [3.8, 4) is 23.0 Å². The molecule has 3 aliphatic rings. The van der Waals surface area contributed by atoms with E-state index in [-0.39, 0.29) is 11.3 Å². The van der Waals surface area contributed by atoms with Gasteiger partial charge in [0.05, 0.1) is 24.8 Å². The van der Waals surface area contributed by atoms with E-state index in [0.29, 0.717) is 73.6 Å². The van der Waals surface area contributed by atoms with Crippen LogP contribution in [0, 0.1) is 0 Å². The minimum Gasteiger partial charge on any atom is -0.507 e. The monoisotopic (exact) mass is 542 g/mol. The van der Waals surface area contributed by atoms with Crippen LogP contribution in [0.2, 0.25) is 0 Å². The summed E-state index contributed by atoms with van der Waals surface area (Å²) in [7, 11) is 0. The van der Waals surface area contributed by atoms with Gasteiger partial charge in [0.2, 0.25) is 0 Å². The number of aliphatic hydroxyl groups is 1. The third-order valence-electron chi connectivity index (χ3n) is 7.27. The van der Waals surface area contributed by atoms with Crippen molar-refractivity contribution in [2.24, 2.45) is 0 Å². The number of benzene rings is 3. The molecule has 0 aliphatic carbocycles. The lowest BCUT2D eigenvalue weighted by Crippen LogP contribution is -2.42. The molecule has 40 heavy (non-hydrogen) atoms. The molecule has 6 rings (SSSR count). The van der Waals surface area contributed by atoms with Gasteiger partial charge in [-0.15, -0.1) is 0 Å². The van der Waals surface area contributed by atoms with E-state index < -0.39 is 17.7 Å².